The summed E-state index contributed by atoms with van der Waals surface area (Å²) in [4.78, 5) is 13.5. The van der Waals surface area contributed by atoms with E-state index in [1.807, 2.05) is 17.0 Å². The van der Waals surface area contributed by atoms with E-state index in [1.165, 1.54) is 5.56 Å². The van der Waals surface area contributed by atoms with E-state index in [4.69, 9.17) is 4.74 Å². The number of ether oxygens (including phenoxy) is 1. The lowest BCUT2D eigenvalue weighted by molar-refractivity contribution is -0.117. The highest BCUT2D eigenvalue weighted by Crippen LogP contribution is 2.37. The molecule has 78 valence electrons. The molecular formula is C12H13NO2. The summed E-state index contributed by atoms with van der Waals surface area (Å²) >= 11 is 0. The zero-order chi connectivity index (χ0) is 10.3. The smallest absolute Gasteiger partial charge is 0.227 e. The average Bonchev–Trinajstić information content (AvgIpc) is 2.85. The minimum absolute atomic E-state index is 0.221. The van der Waals surface area contributed by atoms with E-state index in [2.05, 4.69) is 6.07 Å². The van der Waals surface area contributed by atoms with Crippen LogP contribution in [0.3, 0.4) is 0 Å². The van der Waals surface area contributed by atoms with Crippen molar-refractivity contribution in [2.75, 3.05) is 18.1 Å². The Morgan fingerprint density at radius 2 is 2.20 bits per heavy atom. The molecule has 0 aromatic heterocycles. The van der Waals surface area contributed by atoms with Crippen molar-refractivity contribution in [2.24, 2.45) is 0 Å². The van der Waals surface area contributed by atoms with Gasteiger partial charge in [0.05, 0.1) is 12.3 Å². The van der Waals surface area contributed by atoms with Crippen LogP contribution in [-0.2, 0) is 11.2 Å². The maximum atomic E-state index is 11.6. The Balaban J connectivity index is 2.05. The molecule has 2 heterocycles. The van der Waals surface area contributed by atoms with Crippen molar-refractivity contribution in [1.82, 2.24) is 0 Å². The molecule has 0 unspecified atom stereocenters. The Kier molecular flexibility index (Phi) is 1.91. The summed E-state index contributed by atoms with van der Waals surface area (Å²) in [6.45, 7) is 1.58. The van der Waals surface area contributed by atoms with Crippen LogP contribution in [0.2, 0.25) is 0 Å². The highest BCUT2D eigenvalue weighted by Gasteiger charge is 2.27. The number of hydrogen-bond acceptors (Lipinski definition) is 2. The summed E-state index contributed by atoms with van der Waals surface area (Å²) in [6, 6.07) is 6.06. The first-order valence-corrected chi connectivity index (χ1v) is 5.41. The molecule has 2 aliphatic rings. The largest absolute Gasteiger partial charge is 0.491 e. The Labute approximate surface area is 88.6 Å². The number of amides is 1. The fourth-order valence-electron chi connectivity index (χ4n) is 2.31. The van der Waals surface area contributed by atoms with E-state index in [0.717, 1.165) is 37.4 Å². The fraction of sp³-hybridized carbons (Fsp3) is 0.417. The number of nitrogens with zero attached hydrogens (tertiary/aromatic N) is 1. The molecule has 15 heavy (non-hydrogen) atoms. The van der Waals surface area contributed by atoms with Crippen molar-refractivity contribution in [3.05, 3.63) is 23.8 Å². The first-order valence-electron chi connectivity index (χ1n) is 5.41. The summed E-state index contributed by atoms with van der Waals surface area (Å²) in [6.07, 6.45) is 2.59. The van der Waals surface area contributed by atoms with Gasteiger partial charge in [-0.2, -0.15) is 0 Å². The minimum Gasteiger partial charge on any atom is -0.491 e. The van der Waals surface area contributed by atoms with Gasteiger partial charge in [0, 0.05) is 19.4 Å². The van der Waals surface area contributed by atoms with Crippen LogP contribution >= 0.6 is 0 Å². The van der Waals surface area contributed by atoms with Gasteiger partial charge in [-0.1, -0.05) is 12.1 Å². The van der Waals surface area contributed by atoms with Gasteiger partial charge in [-0.25, -0.2) is 0 Å². The van der Waals surface area contributed by atoms with Crippen molar-refractivity contribution >= 4 is 11.6 Å². The number of anilines is 1. The van der Waals surface area contributed by atoms with Crippen LogP contribution in [0.4, 0.5) is 5.69 Å². The topological polar surface area (TPSA) is 29.5 Å². The molecule has 1 amide bonds. The zero-order valence-electron chi connectivity index (χ0n) is 8.53. The maximum Gasteiger partial charge on any atom is 0.227 e. The summed E-state index contributed by atoms with van der Waals surface area (Å²) in [5.41, 5.74) is 2.19. The third-order valence-corrected chi connectivity index (χ3v) is 3.06. The summed E-state index contributed by atoms with van der Waals surface area (Å²) in [5, 5.41) is 0. The molecule has 0 aliphatic carbocycles. The Morgan fingerprint density at radius 3 is 3.00 bits per heavy atom. The van der Waals surface area contributed by atoms with Gasteiger partial charge in [0.15, 0.2) is 0 Å². The first kappa shape index (κ1) is 8.77. The molecule has 1 fully saturated rings. The van der Waals surface area contributed by atoms with Gasteiger partial charge in [0.1, 0.15) is 5.75 Å². The number of benzene rings is 1. The van der Waals surface area contributed by atoms with Crippen molar-refractivity contribution in [1.29, 1.82) is 0 Å². The lowest BCUT2D eigenvalue weighted by Crippen LogP contribution is -2.24. The van der Waals surface area contributed by atoms with Gasteiger partial charge in [0.2, 0.25) is 5.91 Å². The van der Waals surface area contributed by atoms with Gasteiger partial charge in [-0.3, -0.25) is 4.79 Å². The van der Waals surface area contributed by atoms with Crippen LogP contribution in [0.25, 0.3) is 0 Å². The molecule has 0 N–H and O–H groups in total. The number of hydrogen-bond donors (Lipinski definition) is 0. The van der Waals surface area contributed by atoms with Gasteiger partial charge in [-0.15, -0.1) is 0 Å². The van der Waals surface area contributed by atoms with Crippen molar-refractivity contribution < 1.29 is 9.53 Å². The molecule has 1 aromatic rings. The molecule has 0 saturated carbocycles. The molecule has 0 bridgehead atoms. The highest BCUT2D eigenvalue weighted by molar-refractivity contribution is 5.97. The van der Waals surface area contributed by atoms with Gasteiger partial charge < -0.3 is 9.64 Å². The monoisotopic (exact) mass is 203 g/mol. The summed E-state index contributed by atoms with van der Waals surface area (Å²) < 4.78 is 5.60. The lowest BCUT2D eigenvalue weighted by atomic mass is 10.1. The van der Waals surface area contributed by atoms with E-state index in [9.17, 15) is 4.79 Å². The quantitative estimate of drug-likeness (QED) is 0.696. The molecule has 0 spiro atoms. The third kappa shape index (κ3) is 1.30. The lowest BCUT2D eigenvalue weighted by Gasteiger charge is -2.18. The molecule has 3 heteroatoms. The van der Waals surface area contributed by atoms with Crippen LogP contribution in [0, 0.1) is 0 Å². The first-order chi connectivity index (χ1) is 7.36. The molecule has 0 atom stereocenters. The Bertz CT molecular complexity index is 414. The maximum absolute atomic E-state index is 11.6. The fourth-order valence-corrected chi connectivity index (χ4v) is 2.31. The number of carbonyl (C=O) groups excluding carboxylic acids is 1. The third-order valence-electron chi connectivity index (χ3n) is 3.06. The molecule has 3 rings (SSSR count). The van der Waals surface area contributed by atoms with E-state index < -0.39 is 0 Å². The summed E-state index contributed by atoms with van der Waals surface area (Å²) in [5.74, 6) is 1.15. The molecule has 0 radical (unpaired) electrons. The van der Waals surface area contributed by atoms with Gasteiger partial charge in [-0.05, 0) is 18.1 Å². The normalized spacial score (nSPS) is 19.2. The van der Waals surface area contributed by atoms with Crippen LogP contribution in [0.15, 0.2) is 18.2 Å². The molecule has 1 aromatic carbocycles. The molecule has 2 aliphatic heterocycles. The molecule has 3 nitrogen and oxygen atoms in total. The molecule has 1 saturated heterocycles. The van der Waals surface area contributed by atoms with E-state index in [-0.39, 0.29) is 5.91 Å². The number of rotatable bonds is 1. The van der Waals surface area contributed by atoms with Gasteiger partial charge >= 0.3 is 0 Å². The van der Waals surface area contributed by atoms with E-state index in [1.54, 1.807) is 0 Å². The zero-order valence-corrected chi connectivity index (χ0v) is 8.53. The van der Waals surface area contributed by atoms with Gasteiger partial charge in [0.25, 0.3) is 0 Å². The Morgan fingerprint density at radius 1 is 1.27 bits per heavy atom. The van der Waals surface area contributed by atoms with Crippen molar-refractivity contribution in [3.63, 3.8) is 0 Å². The second-order valence-electron chi connectivity index (χ2n) is 4.01. The summed E-state index contributed by atoms with van der Waals surface area (Å²) in [7, 11) is 0. The van der Waals surface area contributed by atoms with Crippen LogP contribution in [0.5, 0.6) is 5.75 Å². The van der Waals surface area contributed by atoms with Crippen LogP contribution < -0.4 is 9.64 Å². The molecular weight excluding hydrogens is 190 g/mol. The number of para-hydroxylation sites is 1. The number of carbonyl (C=O) groups is 1. The predicted molar refractivity (Wildman–Crippen MR) is 57.2 cm³/mol. The number of fused-ring (bicyclic) bond motifs is 1. The predicted octanol–water partition coefficient (Wildman–Crippen LogP) is 1.75. The van der Waals surface area contributed by atoms with E-state index in [0.29, 0.717) is 6.42 Å². The minimum atomic E-state index is 0.221. The Hall–Kier alpha value is -1.51. The second-order valence-corrected chi connectivity index (χ2v) is 4.01. The van der Waals surface area contributed by atoms with Crippen LogP contribution in [-0.4, -0.2) is 19.1 Å². The van der Waals surface area contributed by atoms with E-state index >= 15 is 0 Å². The van der Waals surface area contributed by atoms with Crippen LogP contribution in [0.1, 0.15) is 18.4 Å². The SMILES string of the molecule is O=C1CCCN1c1cccc2c1OCC2. The van der Waals surface area contributed by atoms with Crippen molar-refractivity contribution in [2.45, 2.75) is 19.3 Å². The average molecular weight is 203 g/mol. The van der Waals surface area contributed by atoms with Crippen molar-refractivity contribution in [3.8, 4) is 5.75 Å². The standard InChI is InChI=1S/C12H13NO2/c14-11-5-2-7-13(11)10-4-1-3-9-6-8-15-12(9)10/h1,3-4H,2,5-8H2. The second kappa shape index (κ2) is 3.26. The highest BCUT2D eigenvalue weighted by atomic mass is 16.5.